The van der Waals surface area contributed by atoms with Crippen LogP contribution in [0.1, 0.15) is 24.2 Å². The van der Waals surface area contributed by atoms with Crippen LogP contribution in [0.3, 0.4) is 0 Å². The normalized spacial score (nSPS) is 10.6. The molecule has 2 aromatic rings. The summed E-state index contributed by atoms with van der Waals surface area (Å²) in [5.74, 6) is 0.225. The van der Waals surface area contributed by atoms with Gasteiger partial charge >= 0.3 is 0 Å². The van der Waals surface area contributed by atoms with Gasteiger partial charge in [0.15, 0.2) is 12.9 Å². The molecule has 4 heteroatoms. The van der Waals surface area contributed by atoms with Crippen molar-refractivity contribution in [3.05, 3.63) is 42.0 Å². The topological polar surface area (TPSA) is 55.4 Å². The molecule has 1 amide bonds. The monoisotopic (exact) mass is 271 g/mol. The van der Waals surface area contributed by atoms with Crippen LogP contribution in [0.2, 0.25) is 0 Å². The number of nitrogens with one attached hydrogen (secondary N) is 1. The summed E-state index contributed by atoms with van der Waals surface area (Å²) in [7, 11) is 0. The van der Waals surface area contributed by atoms with Gasteiger partial charge in [-0.25, -0.2) is 0 Å². The molecular formula is C16H17NO3. The number of hydrogen-bond acceptors (Lipinski definition) is 3. The first kappa shape index (κ1) is 14.1. The third-order valence-electron chi connectivity index (χ3n) is 2.86. The van der Waals surface area contributed by atoms with Gasteiger partial charge in [0.1, 0.15) is 5.75 Å². The Balaban J connectivity index is 2.22. The Hall–Kier alpha value is -2.36. The number of ether oxygens (including phenoxy) is 1. The third-order valence-corrected chi connectivity index (χ3v) is 2.86. The lowest BCUT2D eigenvalue weighted by Crippen LogP contribution is -2.34. The molecule has 0 aromatic heterocycles. The molecule has 0 radical (unpaired) electrons. The van der Waals surface area contributed by atoms with E-state index in [2.05, 4.69) is 5.32 Å². The number of amides is 1. The highest BCUT2D eigenvalue weighted by Crippen LogP contribution is 2.26. The zero-order valence-electron chi connectivity index (χ0n) is 11.6. The van der Waals surface area contributed by atoms with Gasteiger partial charge in [0.05, 0.1) is 5.56 Å². The summed E-state index contributed by atoms with van der Waals surface area (Å²) in [4.78, 5) is 22.8. The van der Waals surface area contributed by atoms with E-state index in [1.54, 1.807) is 6.07 Å². The molecule has 2 rings (SSSR count). The van der Waals surface area contributed by atoms with Gasteiger partial charge in [-0.2, -0.15) is 0 Å². The van der Waals surface area contributed by atoms with Crippen molar-refractivity contribution < 1.29 is 14.3 Å². The van der Waals surface area contributed by atoms with E-state index >= 15 is 0 Å². The highest BCUT2D eigenvalue weighted by molar-refractivity contribution is 6.00. The van der Waals surface area contributed by atoms with Crippen molar-refractivity contribution in [2.75, 3.05) is 6.61 Å². The minimum absolute atomic E-state index is 0.0632. The maximum atomic E-state index is 11.6. The van der Waals surface area contributed by atoms with Gasteiger partial charge in [-0.3, -0.25) is 9.59 Å². The van der Waals surface area contributed by atoms with Gasteiger partial charge in [0.25, 0.3) is 5.91 Å². The predicted octanol–water partition coefficient (Wildman–Crippen LogP) is 2.56. The van der Waals surface area contributed by atoms with Crippen LogP contribution in [0.5, 0.6) is 5.75 Å². The highest BCUT2D eigenvalue weighted by Gasteiger charge is 2.10. The van der Waals surface area contributed by atoms with E-state index in [4.69, 9.17) is 4.74 Å². The zero-order valence-corrected chi connectivity index (χ0v) is 11.6. The number of carbonyl (C=O) groups excluding carboxylic acids is 2. The Labute approximate surface area is 117 Å². The van der Waals surface area contributed by atoms with Crippen LogP contribution in [-0.4, -0.2) is 24.8 Å². The Morgan fingerprint density at radius 2 is 2.00 bits per heavy atom. The van der Waals surface area contributed by atoms with Crippen molar-refractivity contribution in [3.8, 4) is 5.75 Å². The first-order chi connectivity index (χ1) is 9.61. The molecule has 0 heterocycles. The van der Waals surface area contributed by atoms with Gasteiger partial charge in [-0.05, 0) is 30.7 Å². The van der Waals surface area contributed by atoms with Crippen molar-refractivity contribution in [1.29, 1.82) is 0 Å². The van der Waals surface area contributed by atoms with Gasteiger partial charge < -0.3 is 10.1 Å². The largest absolute Gasteiger partial charge is 0.483 e. The number of fused-ring (bicyclic) bond motifs is 1. The van der Waals surface area contributed by atoms with Gasteiger partial charge in [0, 0.05) is 6.04 Å². The molecule has 20 heavy (non-hydrogen) atoms. The van der Waals surface area contributed by atoms with Crippen molar-refractivity contribution in [1.82, 2.24) is 5.32 Å². The Kier molecular flexibility index (Phi) is 4.35. The summed E-state index contributed by atoms with van der Waals surface area (Å²) in [5, 5.41) is 4.53. The van der Waals surface area contributed by atoms with Crippen LogP contribution in [0.4, 0.5) is 0 Å². The standard InChI is InChI=1S/C16H17NO3/c1-11(2)17-16(19)10-20-15-8-7-12-5-3-4-6-13(12)14(15)9-18/h3-9,11H,10H2,1-2H3,(H,17,19). The van der Waals surface area contributed by atoms with Crippen molar-refractivity contribution in [3.63, 3.8) is 0 Å². The quantitative estimate of drug-likeness (QED) is 0.850. The zero-order chi connectivity index (χ0) is 14.5. The fourth-order valence-electron chi connectivity index (χ4n) is 2.03. The summed E-state index contributed by atoms with van der Waals surface area (Å²) in [6.07, 6.45) is 0.762. The smallest absolute Gasteiger partial charge is 0.258 e. The van der Waals surface area contributed by atoms with Crippen LogP contribution < -0.4 is 10.1 Å². The average Bonchev–Trinajstić information content (AvgIpc) is 2.43. The van der Waals surface area contributed by atoms with E-state index in [1.807, 2.05) is 44.2 Å². The molecule has 0 bridgehead atoms. The van der Waals surface area contributed by atoms with E-state index in [1.165, 1.54) is 0 Å². The molecule has 0 saturated heterocycles. The summed E-state index contributed by atoms with van der Waals surface area (Å²) < 4.78 is 5.46. The molecule has 0 fully saturated rings. The molecule has 0 saturated carbocycles. The first-order valence-electron chi connectivity index (χ1n) is 6.51. The Morgan fingerprint density at radius 3 is 2.70 bits per heavy atom. The van der Waals surface area contributed by atoms with Crippen LogP contribution in [-0.2, 0) is 4.79 Å². The number of aldehydes is 1. The molecule has 4 nitrogen and oxygen atoms in total. The second-order valence-corrected chi connectivity index (χ2v) is 4.83. The van der Waals surface area contributed by atoms with Crippen molar-refractivity contribution in [2.24, 2.45) is 0 Å². The Bertz CT molecular complexity index is 635. The van der Waals surface area contributed by atoms with E-state index in [0.29, 0.717) is 11.3 Å². The lowest BCUT2D eigenvalue weighted by Gasteiger charge is -2.12. The molecule has 0 aliphatic rings. The minimum Gasteiger partial charge on any atom is -0.483 e. The van der Waals surface area contributed by atoms with Gasteiger partial charge in [-0.15, -0.1) is 0 Å². The lowest BCUT2D eigenvalue weighted by molar-refractivity contribution is -0.123. The van der Waals surface area contributed by atoms with Crippen LogP contribution in [0.15, 0.2) is 36.4 Å². The minimum atomic E-state index is -0.204. The molecule has 104 valence electrons. The fraction of sp³-hybridized carbons (Fsp3) is 0.250. The molecular weight excluding hydrogens is 254 g/mol. The second kappa shape index (κ2) is 6.19. The molecule has 0 aliphatic carbocycles. The first-order valence-corrected chi connectivity index (χ1v) is 6.51. The second-order valence-electron chi connectivity index (χ2n) is 4.83. The SMILES string of the molecule is CC(C)NC(=O)COc1ccc2ccccc2c1C=O. The molecule has 0 unspecified atom stereocenters. The van der Waals surface area contributed by atoms with E-state index in [9.17, 15) is 9.59 Å². The highest BCUT2D eigenvalue weighted by atomic mass is 16.5. The average molecular weight is 271 g/mol. The summed E-state index contributed by atoms with van der Waals surface area (Å²) in [5.41, 5.74) is 0.473. The number of hydrogen-bond donors (Lipinski definition) is 1. The molecule has 0 aliphatic heterocycles. The number of carbonyl (C=O) groups is 2. The van der Waals surface area contributed by atoms with Gasteiger partial charge in [-0.1, -0.05) is 30.3 Å². The van der Waals surface area contributed by atoms with Crippen LogP contribution >= 0.6 is 0 Å². The van der Waals surface area contributed by atoms with E-state index in [0.717, 1.165) is 17.1 Å². The van der Waals surface area contributed by atoms with Crippen LogP contribution in [0.25, 0.3) is 10.8 Å². The lowest BCUT2D eigenvalue weighted by atomic mass is 10.0. The molecule has 0 spiro atoms. The summed E-state index contributed by atoms with van der Waals surface area (Å²) in [6.45, 7) is 3.66. The molecule has 2 aromatic carbocycles. The van der Waals surface area contributed by atoms with Gasteiger partial charge in [0.2, 0.25) is 0 Å². The van der Waals surface area contributed by atoms with Crippen LogP contribution in [0, 0.1) is 0 Å². The van der Waals surface area contributed by atoms with Crippen molar-refractivity contribution in [2.45, 2.75) is 19.9 Å². The summed E-state index contributed by atoms with van der Waals surface area (Å²) >= 11 is 0. The number of benzene rings is 2. The molecule has 0 atom stereocenters. The third kappa shape index (κ3) is 3.15. The molecule has 1 N–H and O–H groups in total. The Morgan fingerprint density at radius 1 is 1.25 bits per heavy atom. The maximum absolute atomic E-state index is 11.6. The number of rotatable bonds is 5. The predicted molar refractivity (Wildman–Crippen MR) is 78.1 cm³/mol. The fourth-order valence-corrected chi connectivity index (χ4v) is 2.03. The van der Waals surface area contributed by atoms with E-state index < -0.39 is 0 Å². The summed E-state index contributed by atoms with van der Waals surface area (Å²) in [6, 6.07) is 11.2. The van der Waals surface area contributed by atoms with E-state index in [-0.39, 0.29) is 18.6 Å². The maximum Gasteiger partial charge on any atom is 0.258 e. The van der Waals surface area contributed by atoms with Crippen molar-refractivity contribution >= 4 is 23.0 Å².